The Morgan fingerprint density at radius 1 is 1.11 bits per heavy atom. The highest BCUT2D eigenvalue weighted by atomic mass is 32.1. The standard InChI is InChI=1S/C17H20N2O2S.2C2HF3O2/c1-2-14(10-18-6-1)21-16-4-3-15-17(16)20-8-7-19(15)11-13-5-9-22-12-13;2*3-2(4,5)1(6)7/h1-2,5-6,9-10,12,15-17H,3-4,7-8,11H2;2*(H,6,7)/t15-,16+,17+;;/m0../s1. The summed E-state index contributed by atoms with van der Waals surface area (Å²) in [6.45, 7) is 2.82. The number of carbonyl (C=O) groups is 2. The van der Waals surface area contributed by atoms with E-state index in [2.05, 4.69) is 26.7 Å². The molecule has 0 spiro atoms. The number of morpholine rings is 1. The molecule has 1 saturated heterocycles. The molecule has 2 aromatic heterocycles. The lowest BCUT2D eigenvalue weighted by Crippen LogP contribution is -2.51. The number of hydrogen-bond acceptors (Lipinski definition) is 7. The topological polar surface area (TPSA) is 109 Å². The van der Waals surface area contributed by atoms with Gasteiger partial charge in [0.15, 0.2) is 0 Å². The molecule has 2 N–H and O–H groups in total. The predicted molar refractivity (Wildman–Crippen MR) is 114 cm³/mol. The van der Waals surface area contributed by atoms with Crippen LogP contribution in [0.25, 0.3) is 0 Å². The van der Waals surface area contributed by atoms with Gasteiger partial charge in [0.1, 0.15) is 18.0 Å². The van der Waals surface area contributed by atoms with Crippen molar-refractivity contribution < 1.29 is 55.6 Å². The summed E-state index contributed by atoms with van der Waals surface area (Å²) in [4.78, 5) is 24.5. The third-order valence-corrected chi connectivity index (χ3v) is 5.76. The van der Waals surface area contributed by atoms with E-state index in [-0.39, 0.29) is 12.2 Å². The number of nitrogens with zero attached hydrogens (tertiary/aromatic N) is 2. The summed E-state index contributed by atoms with van der Waals surface area (Å²) in [6, 6.07) is 6.56. The van der Waals surface area contributed by atoms with E-state index in [0.717, 1.165) is 38.3 Å². The highest BCUT2D eigenvalue weighted by Gasteiger charge is 2.44. The van der Waals surface area contributed by atoms with Crippen LogP contribution in [0.15, 0.2) is 41.4 Å². The molecule has 2 aliphatic rings. The van der Waals surface area contributed by atoms with Gasteiger partial charge in [-0.2, -0.15) is 37.7 Å². The van der Waals surface area contributed by atoms with E-state index in [4.69, 9.17) is 29.3 Å². The largest absolute Gasteiger partial charge is 0.490 e. The lowest BCUT2D eigenvalue weighted by molar-refractivity contribution is -0.193. The number of aromatic nitrogens is 1. The van der Waals surface area contributed by atoms with Crippen LogP contribution in [-0.2, 0) is 20.9 Å². The van der Waals surface area contributed by atoms with Crippen LogP contribution in [-0.4, -0.2) is 75.8 Å². The fourth-order valence-corrected chi connectivity index (χ4v) is 4.18. The zero-order valence-electron chi connectivity index (χ0n) is 18.4. The molecule has 200 valence electrons. The third-order valence-electron chi connectivity index (χ3n) is 5.02. The fourth-order valence-electron chi connectivity index (χ4n) is 3.52. The van der Waals surface area contributed by atoms with Crippen LogP contribution in [0.2, 0.25) is 0 Å². The van der Waals surface area contributed by atoms with E-state index in [1.54, 1.807) is 23.7 Å². The Balaban J connectivity index is 0.000000271. The Morgan fingerprint density at radius 3 is 2.25 bits per heavy atom. The normalized spacial score (nSPS) is 21.8. The molecule has 2 fully saturated rings. The van der Waals surface area contributed by atoms with Crippen LogP contribution in [0.5, 0.6) is 5.75 Å². The monoisotopic (exact) mass is 544 g/mol. The fraction of sp³-hybridized carbons (Fsp3) is 0.476. The molecule has 0 unspecified atom stereocenters. The number of ether oxygens (including phenoxy) is 2. The second-order valence-corrected chi connectivity index (χ2v) is 8.31. The van der Waals surface area contributed by atoms with E-state index < -0.39 is 24.3 Å². The van der Waals surface area contributed by atoms with Crippen LogP contribution < -0.4 is 4.74 Å². The molecule has 8 nitrogen and oxygen atoms in total. The van der Waals surface area contributed by atoms with Gasteiger partial charge in [-0.25, -0.2) is 9.59 Å². The zero-order chi connectivity index (χ0) is 26.9. The Bertz CT molecular complexity index is 934. The number of carboxylic acids is 2. The molecule has 0 bridgehead atoms. The van der Waals surface area contributed by atoms with Crippen molar-refractivity contribution in [3.8, 4) is 5.75 Å². The molecule has 36 heavy (non-hydrogen) atoms. The van der Waals surface area contributed by atoms with Crippen LogP contribution >= 0.6 is 11.3 Å². The number of thiophene rings is 1. The van der Waals surface area contributed by atoms with Gasteiger partial charge >= 0.3 is 24.3 Å². The van der Waals surface area contributed by atoms with Gasteiger partial charge in [0, 0.05) is 25.3 Å². The first-order valence-electron chi connectivity index (χ1n) is 10.3. The lowest BCUT2D eigenvalue weighted by atomic mass is 10.1. The summed E-state index contributed by atoms with van der Waals surface area (Å²) in [5, 5.41) is 18.6. The van der Waals surface area contributed by atoms with Gasteiger partial charge in [-0.15, -0.1) is 0 Å². The average Bonchev–Trinajstić information content (AvgIpc) is 3.45. The van der Waals surface area contributed by atoms with Crippen molar-refractivity contribution in [1.29, 1.82) is 0 Å². The molecule has 1 saturated carbocycles. The molecule has 2 aromatic rings. The van der Waals surface area contributed by atoms with Gasteiger partial charge in [0.05, 0.1) is 12.8 Å². The number of pyridine rings is 1. The molecule has 0 radical (unpaired) electrons. The maximum absolute atomic E-state index is 10.6. The average molecular weight is 544 g/mol. The van der Waals surface area contributed by atoms with E-state index in [0.29, 0.717) is 6.04 Å². The van der Waals surface area contributed by atoms with Gasteiger partial charge in [0.2, 0.25) is 0 Å². The van der Waals surface area contributed by atoms with Crippen molar-refractivity contribution >= 4 is 23.3 Å². The second kappa shape index (κ2) is 12.9. The first-order valence-corrected chi connectivity index (χ1v) is 11.3. The molecule has 1 aliphatic carbocycles. The van der Waals surface area contributed by atoms with E-state index in [9.17, 15) is 26.3 Å². The quantitative estimate of drug-likeness (QED) is 0.551. The van der Waals surface area contributed by atoms with Gasteiger partial charge in [0.25, 0.3) is 0 Å². The minimum Gasteiger partial charge on any atom is -0.486 e. The molecule has 3 atom stereocenters. The highest BCUT2D eigenvalue weighted by Crippen LogP contribution is 2.33. The molecule has 0 amide bonds. The number of fused-ring (bicyclic) bond motifs is 1. The molecule has 4 rings (SSSR count). The summed E-state index contributed by atoms with van der Waals surface area (Å²) in [6.07, 6.45) is -4.13. The molecule has 3 heterocycles. The summed E-state index contributed by atoms with van der Waals surface area (Å²) in [5.74, 6) is -4.67. The van der Waals surface area contributed by atoms with Crippen molar-refractivity contribution in [3.05, 3.63) is 46.9 Å². The Kier molecular flexibility index (Phi) is 10.5. The molecule has 0 aromatic carbocycles. The maximum Gasteiger partial charge on any atom is 0.490 e. The minimum atomic E-state index is -5.08. The summed E-state index contributed by atoms with van der Waals surface area (Å²) in [5.41, 5.74) is 1.40. The highest BCUT2D eigenvalue weighted by molar-refractivity contribution is 7.07. The molecular weight excluding hydrogens is 522 g/mol. The van der Waals surface area contributed by atoms with E-state index in [1.165, 1.54) is 5.56 Å². The Hall–Kier alpha value is -2.91. The van der Waals surface area contributed by atoms with Crippen molar-refractivity contribution in [1.82, 2.24) is 9.88 Å². The van der Waals surface area contributed by atoms with Crippen molar-refractivity contribution in [3.63, 3.8) is 0 Å². The molecule has 15 heteroatoms. The summed E-state index contributed by atoms with van der Waals surface area (Å²) in [7, 11) is 0. The number of carboxylic acid groups (broad SMARTS) is 2. The number of alkyl halides is 6. The van der Waals surface area contributed by atoms with Gasteiger partial charge in [-0.3, -0.25) is 9.88 Å². The molecule has 1 aliphatic heterocycles. The van der Waals surface area contributed by atoms with Gasteiger partial charge < -0.3 is 19.7 Å². The van der Waals surface area contributed by atoms with Crippen LogP contribution in [0.1, 0.15) is 18.4 Å². The van der Waals surface area contributed by atoms with Crippen molar-refractivity contribution in [2.45, 2.75) is 50.0 Å². The smallest absolute Gasteiger partial charge is 0.486 e. The van der Waals surface area contributed by atoms with Crippen LogP contribution in [0, 0.1) is 0 Å². The number of rotatable bonds is 4. The summed E-state index contributed by atoms with van der Waals surface area (Å²) < 4.78 is 75.6. The number of aliphatic carboxylic acids is 2. The van der Waals surface area contributed by atoms with Crippen LogP contribution in [0.4, 0.5) is 26.3 Å². The minimum absolute atomic E-state index is 0.138. The zero-order valence-corrected chi connectivity index (χ0v) is 19.2. The van der Waals surface area contributed by atoms with Crippen molar-refractivity contribution in [2.24, 2.45) is 0 Å². The first-order chi connectivity index (χ1) is 16.8. The SMILES string of the molecule is O=C(O)C(F)(F)F.O=C(O)C(F)(F)F.c1cncc(O[C@@H]2CC[C@H]3[C@H]2OCCN3Cc2ccsc2)c1. The van der Waals surface area contributed by atoms with E-state index >= 15 is 0 Å². The summed E-state index contributed by atoms with van der Waals surface area (Å²) >= 11 is 1.77. The van der Waals surface area contributed by atoms with Crippen LogP contribution in [0.3, 0.4) is 0 Å². The maximum atomic E-state index is 10.6. The van der Waals surface area contributed by atoms with E-state index in [1.807, 2.05) is 12.1 Å². The Labute approximate surface area is 205 Å². The third kappa shape index (κ3) is 9.28. The van der Waals surface area contributed by atoms with Gasteiger partial charge in [-0.1, -0.05) is 0 Å². The second-order valence-electron chi connectivity index (χ2n) is 7.53. The molecular formula is C21H22F6N2O6S. The first kappa shape index (κ1) is 29.3. The van der Waals surface area contributed by atoms with Gasteiger partial charge in [-0.05, 0) is 47.4 Å². The van der Waals surface area contributed by atoms with Crippen molar-refractivity contribution in [2.75, 3.05) is 13.2 Å². The number of hydrogen-bond donors (Lipinski definition) is 2. The lowest BCUT2D eigenvalue weighted by Gasteiger charge is -2.38. The Morgan fingerprint density at radius 2 is 1.75 bits per heavy atom. The number of halogens is 6. The predicted octanol–water partition coefficient (Wildman–Crippen LogP) is 4.22.